The number of ether oxygens (including phenoxy) is 1. The van der Waals surface area contributed by atoms with E-state index in [0.29, 0.717) is 49.4 Å². The van der Waals surface area contributed by atoms with Crippen molar-refractivity contribution in [3.63, 3.8) is 0 Å². The molecule has 8 nitrogen and oxygen atoms in total. The van der Waals surface area contributed by atoms with Crippen LogP contribution < -0.4 is 20.7 Å². The quantitative estimate of drug-likeness (QED) is 0.383. The molecule has 0 spiro atoms. The standard InChI is InChI=1S/C29H27F3N4O4/c30-29(31,32)20-10-18(9-19(13-20)28(39)14-33-15-28)27(38)35-21-3-1-16-2-4-22(12-17(16)11-21)40-24-7-8-34-26-23(24)5-6-25(37)36-26/h2,4,7-10,12-13,21,33,39H,1,3,5-6,11,14-15H2,(H,35,38)(H,34,36,37)/t21-/m1/s1. The Kier molecular flexibility index (Phi) is 6.50. The van der Waals surface area contributed by atoms with Crippen LogP contribution in [0.5, 0.6) is 11.5 Å². The van der Waals surface area contributed by atoms with Crippen LogP contribution in [0.25, 0.3) is 0 Å². The van der Waals surface area contributed by atoms with Crippen molar-refractivity contribution >= 4 is 17.6 Å². The van der Waals surface area contributed by atoms with Crippen molar-refractivity contribution in [3.8, 4) is 11.5 Å². The molecule has 1 fully saturated rings. The number of carbonyl (C=O) groups excluding carboxylic acids is 2. The van der Waals surface area contributed by atoms with E-state index in [9.17, 15) is 27.9 Å². The maximum Gasteiger partial charge on any atom is 0.416 e. The number of nitrogens with one attached hydrogen (secondary N) is 3. The van der Waals surface area contributed by atoms with Gasteiger partial charge >= 0.3 is 6.18 Å². The highest BCUT2D eigenvalue weighted by molar-refractivity contribution is 5.95. The number of alkyl halides is 3. The van der Waals surface area contributed by atoms with Crippen LogP contribution >= 0.6 is 0 Å². The molecule has 0 unspecified atom stereocenters. The second-order valence-corrected chi connectivity index (χ2v) is 10.6. The fraction of sp³-hybridized carbons (Fsp3) is 0.345. The molecule has 11 heteroatoms. The molecule has 2 aromatic carbocycles. The summed E-state index contributed by atoms with van der Waals surface area (Å²) in [6.07, 6.45) is -0.394. The monoisotopic (exact) mass is 552 g/mol. The number of aliphatic hydroxyl groups is 1. The Morgan fingerprint density at radius 3 is 2.65 bits per heavy atom. The molecule has 4 N–H and O–H groups in total. The number of rotatable bonds is 5. The van der Waals surface area contributed by atoms with Crippen molar-refractivity contribution in [3.05, 3.63) is 82.0 Å². The van der Waals surface area contributed by atoms with Gasteiger partial charge in [0.1, 0.15) is 22.9 Å². The summed E-state index contributed by atoms with van der Waals surface area (Å²) in [6.45, 7) is 0.242. The molecule has 1 saturated heterocycles. The SMILES string of the molecule is O=C1CCc2c(Oc3ccc4c(c3)C[C@H](NC(=O)c3cc(C(F)(F)F)cc(C5(O)CNC5)c3)CC4)ccnc2N1. The molecule has 2 aliphatic heterocycles. The molecule has 1 aromatic heterocycles. The van der Waals surface area contributed by atoms with Crippen LogP contribution in [0.3, 0.4) is 0 Å². The number of benzene rings is 2. The molecular formula is C29H27F3N4O4. The predicted octanol–water partition coefficient (Wildman–Crippen LogP) is 3.86. The first-order chi connectivity index (χ1) is 19.1. The molecule has 2 amide bonds. The lowest BCUT2D eigenvalue weighted by Crippen LogP contribution is -2.56. The van der Waals surface area contributed by atoms with E-state index in [2.05, 4.69) is 20.9 Å². The lowest BCUT2D eigenvalue weighted by molar-refractivity contribution is -0.137. The van der Waals surface area contributed by atoms with E-state index in [-0.39, 0.29) is 36.2 Å². The molecule has 6 rings (SSSR count). The van der Waals surface area contributed by atoms with Crippen molar-refractivity contribution in [2.45, 2.75) is 49.9 Å². The Bertz CT molecular complexity index is 1500. The van der Waals surface area contributed by atoms with Crippen LogP contribution in [0.1, 0.15) is 51.0 Å². The summed E-state index contributed by atoms with van der Waals surface area (Å²) < 4.78 is 46.9. The van der Waals surface area contributed by atoms with Crippen molar-refractivity contribution in [1.29, 1.82) is 0 Å². The van der Waals surface area contributed by atoms with Gasteiger partial charge < -0.3 is 25.8 Å². The summed E-state index contributed by atoms with van der Waals surface area (Å²) in [4.78, 5) is 29.0. The molecule has 0 saturated carbocycles. The molecule has 3 aliphatic rings. The van der Waals surface area contributed by atoms with Gasteiger partial charge in [-0.2, -0.15) is 13.2 Å². The number of aromatic nitrogens is 1. The highest BCUT2D eigenvalue weighted by Gasteiger charge is 2.40. The Morgan fingerprint density at radius 1 is 1.07 bits per heavy atom. The van der Waals surface area contributed by atoms with Gasteiger partial charge in [-0.15, -0.1) is 0 Å². The Labute approximate surface area is 228 Å². The highest BCUT2D eigenvalue weighted by atomic mass is 19.4. The number of fused-ring (bicyclic) bond motifs is 2. The molecule has 3 aromatic rings. The van der Waals surface area contributed by atoms with Crippen LogP contribution in [0.15, 0.2) is 48.7 Å². The van der Waals surface area contributed by atoms with E-state index in [1.54, 1.807) is 12.3 Å². The van der Waals surface area contributed by atoms with Gasteiger partial charge in [0.25, 0.3) is 5.91 Å². The molecular weight excluding hydrogens is 525 g/mol. The van der Waals surface area contributed by atoms with Gasteiger partial charge in [0.2, 0.25) is 5.91 Å². The second-order valence-electron chi connectivity index (χ2n) is 10.6. The minimum Gasteiger partial charge on any atom is -0.457 e. The average Bonchev–Trinajstić information content (AvgIpc) is 2.90. The van der Waals surface area contributed by atoms with Gasteiger partial charge in [0, 0.05) is 42.9 Å². The smallest absolute Gasteiger partial charge is 0.416 e. The normalized spacial score (nSPS) is 19.5. The number of aryl methyl sites for hydroxylation is 1. The zero-order valence-electron chi connectivity index (χ0n) is 21.4. The molecule has 0 bridgehead atoms. The van der Waals surface area contributed by atoms with Crippen molar-refractivity contribution < 1.29 is 32.6 Å². The van der Waals surface area contributed by atoms with E-state index in [1.807, 2.05) is 18.2 Å². The van der Waals surface area contributed by atoms with Crippen LogP contribution in [-0.4, -0.2) is 41.0 Å². The third kappa shape index (κ3) is 5.14. The second kappa shape index (κ2) is 9.90. The average molecular weight is 553 g/mol. The van der Waals surface area contributed by atoms with Gasteiger partial charge in [-0.05, 0) is 78.8 Å². The summed E-state index contributed by atoms with van der Waals surface area (Å²) in [7, 11) is 0. The lowest BCUT2D eigenvalue weighted by atomic mass is 9.85. The van der Waals surface area contributed by atoms with E-state index in [1.165, 1.54) is 6.07 Å². The molecule has 1 atom stereocenters. The number of anilines is 1. The Hall–Kier alpha value is -3.96. The zero-order valence-corrected chi connectivity index (χ0v) is 21.4. The van der Waals surface area contributed by atoms with Crippen molar-refractivity contribution in [2.24, 2.45) is 0 Å². The van der Waals surface area contributed by atoms with E-state index in [4.69, 9.17) is 4.74 Å². The summed E-state index contributed by atoms with van der Waals surface area (Å²) in [6, 6.07) is 10.3. The fourth-order valence-electron chi connectivity index (χ4n) is 5.43. The van der Waals surface area contributed by atoms with Crippen molar-refractivity contribution in [2.75, 3.05) is 18.4 Å². The van der Waals surface area contributed by atoms with Crippen LogP contribution in [-0.2, 0) is 35.8 Å². The largest absolute Gasteiger partial charge is 0.457 e. The van der Waals surface area contributed by atoms with E-state index in [0.717, 1.165) is 28.8 Å². The first-order valence-electron chi connectivity index (χ1n) is 13.1. The molecule has 1 aliphatic carbocycles. The minimum atomic E-state index is -4.65. The fourth-order valence-corrected chi connectivity index (χ4v) is 5.43. The number of hydrogen-bond acceptors (Lipinski definition) is 6. The number of halogens is 3. The Balaban J connectivity index is 1.19. The molecule has 3 heterocycles. The maximum atomic E-state index is 13.6. The van der Waals surface area contributed by atoms with Crippen LogP contribution in [0.2, 0.25) is 0 Å². The van der Waals surface area contributed by atoms with Gasteiger partial charge in [0.15, 0.2) is 0 Å². The third-order valence-electron chi connectivity index (χ3n) is 7.74. The number of carbonyl (C=O) groups is 2. The van der Waals surface area contributed by atoms with Gasteiger partial charge in [-0.25, -0.2) is 4.98 Å². The Morgan fingerprint density at radius 2 is 1.90 bits per heavy atom. The molecule has 208 valence electrons. The van der Waals surface area contributed by atoms with E-state index < -0.39 is 23.2 Å². The summed E-state index contributed by atoms with van der Waals surface area (Å²) in [5.74, 6) is 0.994. The lowest BCUT2D eigenvalue weighted by Gasteiger charge is -2.38. The predicted molar refractivity (Wildman–Crippen MR) is 139 cm³/mol. The highest BCUT2D eigenvalue weighted by Crippen LogP contribution is 2.36. The summed E-state index contributed by atoms with van der Waals surface area (Å²) >= 11 is 0. The number of hydrogen-bond donors (Lipinski definition) is 4. The minimum absolute atomic E-state index is 0.0693. The first kappa shape index (κ1) is 26.3. The third-order valence-corrected chi connectivity index (χ3v) is 7.74. The van der Waals surface area contributed by atoms with Crippen LogP contribution in [0.4, 0.5) is 19.0 Å². The zero-order chi connectivity index (χ0) is 28.1. The van der Waals surface area contributed by atoms with Gasteiger partial charge in [0.05, 0.1) is 5.56 Å². The first-order valence-corrected chi connectivity index (χ1v) is 13.1. The van der Waals surface area contributed by atoms with Crippen molar-refractivity contribution in [1.82, 2.24) is 15.6 Å². The van der Waals surface area contributed by atoms with Gasteiger partial charge in [-0.3, -0.25) is 9.59 Å². The number of β-amino-alcohol motifs (C(OH)–C–C–N with tert-alkyl or cyclic N) is 1. The number of pyridine rings is 1. The van der Waals surface area contributed by atoms with Gasteiger partial charge in [-0.1, -0.05) is 6.07 Å². The summed E-state index contributed by atoms with van der Waals surface area (Å²) in [5, 5.41) is 19.1. The molecule has 0 radical (unpaired) electrons. The number of amides is 2. The number of nitrogens with zero attached hydrogens (tertiary/aromatic N) is 1. The van der Waals surface area contributed by atoms with E-state index >= 15 is 0 Å². The summed E-state index contributed by atoms with van der Waals surface area (Å²) in [5.41, 5.74) is 0.447. The topological polar surface area (TPSA) is 113 Å². The maximum absolute atomic E-state index is 13.6. The molecule has 40 heavy (non-hydrogen) atoms. The van der Waals surface area contributed by atoms with Crippen LogP contribution in [0, 0.1) is 0 Å².